The first kappa shape index (κ1) is 13.9. The maximum absolute atomic E-state index is 11.5. The molecule has 0 radical (unpaired) electrons. The Morgan fingerprint density at radius 3 is 2.20 bits per heavy atom. The van der Waals surface area contributed by atoms with Crippen molar-refractivity contribution in [1.29, 1.82) is 0 Å². The predicted octanol–water partition coefficient (Wildman–Crippen LogP) is -0.388. The number of nitrogens with two attached hydrogens (primary N) is 1. The van der Waals surface area contributed by atoms with Gasteiger partial charge >= 0.3 is 0 Å². The molecule has 0 aliphatic rings. The van der Waals surface area contributed by atoms with E-state index in [4.69, 9.17) is 5.73 Å². The molecule has 0 saturated heterocycles. The highest BCUT2D eigenvalue weighted by molar-refractivity contribution is 5.87. The SMILES string of the molecule is CCNC(=O)CNC(=O)[C@H](N)C(C)(C)C. The quantitative estimate of drug-likeness (QED) is 0.597. The highest BCUT2D eigenvalue weighted by Gasteiger charge is 2.27. The van der Waals surface area contributed by atoms with Crippen LogP contribution in [0.15, 0.2) is 0 Å². The van der Waals surface area contributed by atoms with Crippen LogP contribution in [0, 0.1) is 5.41 Å². The highest BCUT2D eigenvalue weighted by atomic mass is 16.2. The molecule has 0 spiro atoms. The molecule has 1 atom stereocenters. The van der Waals surface area contributed by atoms with Gasteiger partial charge < -0.3 is 16.4 Å². The van der Waals surface area contributed by atoms with Crippen LogP contribution in [0.3, 0.4) is 0 Å². The van der Waals surface area contributed by atoms with Crippen LogP contribution >= 0.6 is 0 Å². The molecule has 88 valence electrons. The van der Waals surface area contributed by atoms with Crippen molar-refractivity contribution in [3.8, 4) is 0 Å². The fourth-order valence-corrected chi connectivity index (χ4v) is 0.930. The van der Waals surface area contributed by atoms with Crippen molar-refractivity contribution < 1.29 is 9.59 Å². The summed E-state index contributed by atoms with van der Waals surface area (Å²) in [7, 11) is 0. The molecule has 5 nitrogen and oxygen atoms in total. The van der Waals surface area contributed by atoms with Gasteiger partial charge in [-0.1, -0.05) is 20.8 Å². The lowest BCUT2D eigenvalue weighted by Crippen LogP contribution is -2.50. The number of nitrogens with one attached hydrogen (secondary N) is 2. The minimum atomic E-state index is -0.605. The molecule has 0 aliphatic carbocycles. The van der Waals surface area contributed by atoms with E-state index in [2.05, 4.69) is 10.6 Å². The van der Waals surface area contributed by atoms with Gasteiger partial charge in [0.2, 0.25) is 11.8 Å². The molecule has 0 saturated carbocycles. The largest absolute Gasteiger partial charge is 0.355 e. The molecule has 0 aromatic rings. The van der Waals surface area contributed by atoms with Crippen molar-refractivity contribution in [2.75, 3.05) is 13.1 Å². The Balaban J connectivity index is 4.00. The Kier molecular flexibility index (Phi) is 5.28. The van der Waals surface area contributed by atoms with Crippen LogP contribution in [0.5, 0.6) is 0 Å². The van der Waals surface area contributed by atoms with Gasteiger partial charge in [-0.05, 0) is 12.3 Å². The summed E-state index contributed by atoms with van der Waals surface area (Å²) < 4.78 is 0. The fourth-order valence-electron chi connectivity index (χ4n) is 0.930. The van der Waals surface area contributed by atoms with Gasteiger partial charge in [0.25, 0.3) is 0 Å². The average Bonchev–Trinajstić information content (AvgIpc) is 2.12. The molecule has 0 aliphatic heterocycles. The van der Waals surface area contributed by atoms with Crippen LogP contribution in [0.2, 0.25) is 0 Å². The molecule has 0 aromatic carbocycles. The lowest BCUT2D eigenvalue weighted by Gasteiger charge is -2.25. The zero-order valence-corrected chi connectivity index (χ0v) is 9.89. The Morgan fingerprint density at radius 1 is 1.27 bits per heavy atom. The third-order valence-corrected chi connectivity index (χ3v) is 2.01. The summed E-state index contributed by atoms with van der Waals surface area (Å²) >= 11 is 0. The molecule has 4 N–H and O–H groups in total. The first-order valence-electron chi connectivity index (χ1n) is 5.09. The van der Waals surface area contributed by atoms with Crippen molar-refractivity contribution in [1.82, 2.24) is 10.6 Å². The van der Waals surface area contributed by atoms with E-state index in [1.54, 1.807) is 0 Å². The summed E-state index contributed by atoms with van der Waals surface area (Å²) in [6.07, 6.45) is 0. The average molecular weight is 215 g/mol. The maximum atomic E-state index is 11.5. The Labute approximate surface area is 90.8 Å². The van der Waals surface area contributed by atoms with Crippen LogP contribution < -0.4 is 16.4 Å². The molecule has 0 rings (SSSR count). The van der Waals surface area contributed by atoms with Gasteiger partial charge in [0.05, 0.1) is 12.6 Å². The van der Waals surface area contributed by atoms with E-state index in [0.29, 0.717) is 6.54 Å². The zero-order valence-electron chi connectivity index (χ0n) is 9.89. The number of carbonyl (C=O) groups is 2. The number of carbonyl (C=O) groups excluding carboxylic acids is 2. The van der Waals surface area contributed by atoms with Crippen LogP contribution in [-0.4, -0.2) is 30.9 Å². The standard InChI is InChI=1S/C10H21N3O2/c1-5-12-7(14)6-13-9(15)8(11)10(2,3)4/h8H,5-6,11H2,1-4H3,(H,12,14)(H,13,15)/t8-/m0/s1. The summed E-state index contributed by atoms with van der Waals surface area (Å²) in [6.45, 7) is 7.99. The van der Waals surface area contributed by atoms with E-state index >= 15 is 0 Å². The van der Waals surface area contributed by atoms with Gasteiger partial charge in [0.15, 0.2) is 0 Å². The van der Waals surface area contributed by atoms with E-state index in [1.165, 1.54) is 0 Å². The number of rotatable bonds is 4. The molecular formula is C10H21N3O2. The lowest BCUT2D eigenvalue weighted by atomic mass is 9.87. The summed E-state index contributed by atoms with van der Waals surface area (Å²) in [4.78, 5) is 22.5. The molecule has 0 fully saturated rings. The van der Waals surface area contributed by atoms with Crippen LogP contribution in [0.25, 0.3) is 0 Å². The Bertz CT molecular complexity index is 233. The second-order valence-electron chi connectivity index (χ2n) is 4.52. The third kappa shape index (κ3) is 5.37. The predicted molar refractivity (Wildman–Crippen MR) is 59.1 cm³/mol. The number of amides is 2. The van der Waals surface area contributed by atoms with E-state index in [0.717, 1.165) is 0 Å². The van der Waals surface area contributed by atoms with Gasteiger partial charge in [0.1, 0.15) is 0 Å². The topological polar surface area (TPSA) is 84.2 Å². The molecule has 2 amide bonds. The summed E-state index contributed by atoms with van der Waals surface area (Å²) in [5.74, 6) is -0.499. The lowest BCUT2D eigenvalue weighted by molar-refractivity contribution is -0.128. The highest BCUT2D eigenvalue weighted by Crippen LogP contribution is 2.16. The summed E-state index contributed by atoms with van der Waals surface area (Å²) in [5.41, 5.74) is 5.41. The van der Waals surface area contributed by atoms with Crippen LogP contribution in [0.4, 0.5) is 0 Å². The van der Waals surface area contributed by atoms with E-state index in [1.807, 2.05) is 27.7 Å². The number of likely N-dealkylation sites (N-methyl/N-ethyl adjacent to an activating group) is 1. The maximum Gasteiger partial charge on any atom is 0.239 e. The minimum Gasteiger partial charge on any atom is -0.355 e. The second-order valence-corrected chi connectivity index (χ2v) is 4.52. The van der Waals surface area contributed by atoms with E-state index < -0.39 is 6.04 Å². The zero-order chi connectivity index (χ0) is 12.1. The van der Waals surface area contributed by atoms with Crippen molar-refractivity contribution in [2.24, 2.45) is 11.1 Å². The fraction of sp³-hybridized carbons (Fsp3) is 0.800. The third-order valence-electron chi connectivity index (χ3n) is 2.01. The van der Waals surface area contributed by atoms with Gasteiger partial charge in [-0.2, -0.15) is 0 Å². The number of hydrogen-bond acceptors (Lipinski definition) is 3. The molecule has 15 heavy (non-hydrogen) atoms. The van der Waals surface area contributed by atoms with Crippen molar-refractivity contribution in [3.05, 3.63) is 0 Å². The molecule has 0 bridgehead atoms. The molecule has 5 heteroatoms. The molecule has 0 unspecified atom stereocenters. The minimum absolute atomic E-state index is 0.0174. The molecule has 0 heterocycles. The Morgan fingerprint density at radius 2 is 1.80 bits per heavy atom. The molecular weight excluding hydrogens is 194 g/mol. The number of hydrogen-bond donors (Lipinski definition) is 3. The molecule has 0 aromatic heterocycles. The monoisotopic (exact) mass is 215 g/mol. The van der Waals surface area contributed by atoms with Gasteiger partial charge in [-0.25, -0.2) is 0 Å². The van der Waals surface area contributed by atoms with Crippen molar-refractivity contribution in [2.45, 2.75) is 33.7 Å². The van der Waals surface area contributed by atoms with Crippen molar-refractivity contribution >= 4 is 11.8 Å². The van der Waals surface area contributed by atoms with E-state index in [9.17, 15) is 9.59 Å². The van der Waals surface area contributed by atoms with Crippen molar-refractivity contribution in [3.63, 3.8) is 0 Å². The van der Waals surface area contributed by atoms with Crippen LogP contribution in [0.1, 0.15) is 27.7 Å². The van der Waals surface area contributed by atoms with Gasteiger partial charge in [0, 0.05) is 6.54 Å². The smallest absolute Gasteiger partial charge is 0.239 e. The second kappa shape index (κ2) is 5.70. The summed E-state index contributed by atoms with van der Waals surface area (Å²) in [5, 5.41) is 5.08. The summed E-state index contributed by atoms with van der Waals surface area (Å²) in [6, 6.07) is -0.605. The van der Waals surface area contributed by atoms with Gasteiger partial charge in [-0.3, -0.25) is 9.59 Å². The normalized spacial score (nSPS) is 13.1. The van der Waals surface area contributed by atoms with Crippen LogP contribution in [-0.2, 0) is 9.59 Å². The Hall–Kier alpha value is -1.10. The van der Waals surface area contributed by atoms with Gasteiger partial charge in [-0.15, -0.1) is 0 Å². The van der Waals surface area contributed by atoms with E-state index in [-0.39, 0.29) is 23.8 Å². The first-order chi connectivity index (χ1) is 6.79. The first-order valence-corrected chi connectivity index (χ1v) is 5.09.